The summed E-state index contributed by atoms with van der Waals surface area (Å²) in [5.74, 6) is 1.86. The van der Waals surface area contributed by atoms with Crippen LogP contribution in [0.25, 0.3) is 0 Å². The van der Waals surface area contributed by atoms with E-state index >= 15 is 0 Å². The number of piperazine rings is 1. The molecule has 0 bridgehead atoms. The Bertz CT molecular complexity index is 526. The quantitative estimate of drug-likeness (QED) is 0.908. The molecule has 1 saturated heterocycles. The van der Waals surface area contributed by atoms with E-state index in [2.05, 4.69) is 16.3 Å². The lowest BCUT2D eigenvalue weighted by molar-refractivity contribution is -0.136. The van der Waals surface area contributed by atoms with E-state index in [-0.39, 0.29) is 5.91 Å². The van der Waals surface area contributed by atoms with Crippen molar-refractivity contribution in [2.75, 3.05) is 20.2 Å². The van der Waals surface area contributed by atoms with E-state index < -0.39 is 0 Å². The van der Waals surface area contributed by atoms with Crippen molar-refractivity contribution in [3.05, 3.63) is 29.8 Å². The summed E-state index contributed by atoms with van der Waals surface area (Å²) >= 11 is 0. The zero-order valence-electron chi connectivity index (χ0n) is 14.1. The minimum absolute atomic E-state index is 0.222. The van der Waals surface area contributed by atoms with Gasteiger partial charge in [0.1, 0.15) is 5.75 Å². The van der Waals surface area contributed by atoms with Crippen LogP contribution >= 0.6 is 0 Å². The second kappa shape index (κ2) is 7.82. The van der Waals surface area contributed by atoms with Crippen LogP contribution < -0.4 is 10.1 Å². The van der Waals surface area contributed by atoms with Crippen LogP contribution in [0, 0.1) is 5.92 Å². The molecule has 1 aromatic carbocycles. The number of hydrogen-bond acceptors (Lipinski definition) is 3. The fourth-order valence-electron chi connectivity index (χ4n) is 3.96. The lowest BCUT2D eigenvalue weighted by atomic mass is 9.84. The maximum absolute atomic E-state index is 12.4. The van der Waals surface area contributed by atoms with Crippen molar-refractivity contribution in [1.29, 1.82) is 0 Å². The van der Waals surface area contributed by atoms with Gasteiger partial charge in [0, 0.05) is 19.1 Å². The summed E-state index contributed by atoms with van der Waals surface area (Å²) in [4.78, 5) is 14.5. The average Bonchev–Trinajstić information content (AvgIpc) is 2.59. The smallest absolute Gasteiger partial charge is 0.237 e. The van der Waals surface area contributed by atoms with E-state index in [4.69, 9.17) is 4.74 Å². The first-order chi connectivity index (χ1) is 11.3. The Balaban J connectivity index is 1.68. The van der Waals surface area contributed by atoms with Crippen LogP contribution in [-0.2, 0) is 11.3 Å². The second-order valence-electron chi connectivity index (χ2n) is 6.90. The fourth-order valence-corrected chi connectivity index (χ4v) is 3.96. The van der Waals surface area contributed by atoms with Gasteiger partial charge in [-0.25, -0.2) is 0 Å². The molecule has 3 rings (SSSR count). The van der Waals surface area contributed by atoms with E-state index in [0.717, 1.165) is 30.2 Å². The van der Waals surface area contributed by atoms with Crippen molar-refractivity contribution >= 4 is 5.91 Å². The van der Waals surface area contributed by atoms with Gasteiger partial charge in [-0.3, -0.25) is 4.79 Å². The topological polar surface area (TPSA) is 41.6 Å². The highest BCUT2D eigenvalue weighted by Crippen LogP contribution is 2.29. The number of carbonyl (C=O) groups excluding carboxylic acids is 1. The number of rotatable bonds is 5. The molecular formula is C19H28N2O2. The zero-order valence-corrected chi connectivity index (χ0v) is 14.1. The first-order valence-electron chi connectivity index (χ1n) is 8.89. The molecule has 1 atom stereocenters. The van der Waals surface area contributed by atoms with Crippen LogP contribution in [-0.4, -0.2) is 37.0 Å². The van der Waals surface area contributed by atoms with Gasteiger partial charge in [0.25, 0.3) is 0 Å². The standard InChI is InChI=1S/C19H28N2O2/c1-23-18-9-5-8-16(11-18)14-21-17(12-20-13-19(21)22)10-15-6-3-2-4-7-15/h5,8-9,11,15,17,20H,2-4,6-7,10,12-14H2,1H3/t17-/m0/s1. The summed E-state index contributed by atoms with van der Waals surface area (Å²) < 4.78 is 5.30. The van der Waals surface area contributed by atoms with Crippen LogP contribution in [0.4, 0.5) is 0 Å². The highest BCUT2D eigenvalue weighted by Gasteiger charge is 2.30. The number of benzene rings is 1. The normalized spacial score (nSPS) is 23.1. The van der Waals surface area contributed by atoms with Gasteiger partial charge in [-0.15, -0.1) is 0 Å². The largest absolute Gasteiger partial charge is 0.497 e. The maximum atomic E-state index is 12.4. The molecule has 23 heavy (non-hydrogen) atoms. The molecule has 0 unspecified atom stereocenters. The van der Waals surface area contributed by atoms with Crippen LogP contribution in [0.3, 0.4) is 0 Å². The molecule has 0 aromatic heterocycles. The predicted molar refractivity (Wildman–Crippen MR) is 91.4 cm³/mol. The van der Waals surface area contributed by atoms with Gasteiger partial charge >= 0.3 is 0 Å². The van der Waals surface area contributed by atoms with Gasteiger partial charge in [-0.2, -0.15) is 0 Å². The Morgan fingerprint density at radius 1 is 1.26 bits per heavy atom. The van der Waals surface area contributed by atoms with Crippen molar-refractivity contribution < 1.29 is 9.53 Å². The highest BCUT2D eigenvalue weighted by atomic mass is 16.5. The summed E-state index contributed by atoms with van der Waals surface area (Å²) in [6.45, 7) is 2.08. The van der Waals surface area contributed by atoms with Gasteiger partial charge in [0.2, 0.25) is 5.91 Å². The Morgan fingerprint density at radius 2 is 2.09 bits per heavy atom. The molecule has 0 spiro atoms. The molecular weight excluding hydrogens is 288 g/mol. The molecule has 1 amide bonds. The first kappa shape index (κ1) is 16.3. The lowest BCUT2D eigenvalue weighted by Gasteiger charge is -2.38. The molecule has 2 aliphatic rings. The van der Waals surface area contributed by atoms with E-state index in [1.807, 2.05) is 18.2 Å². The third-order valence-corrected chi connectivity index (χ3v) is 5.23. The number of nitrogens with one attached hydrogen (secondary N) is 1. The van der Waals surface area contributed by atoms with E-state index in [9.17, 15) is 4.79 Å². The Labute approximate surface area is 139 Å². The summed E-state index contributed by atoms with van der Waals surface area (Å²) in [7, 11) is 1.68. The molecule has 2 fully saturated rings. The molecule has 1 aliphatic carbocycles. The van der Waals surface area contributed by atoms with Crippen molar-refractivity contribution in [2.24, 2.45) is 5.92 Å². The third-order valence-electron chi connectivity index (χ3n) is 5.23. The molecule has 0 radical (unpaired) electrons. The molecule has 4 heteroatoms. The van der Waals surface area contributed by atoms with E-state index in [1.165, 1.54) is 32.1 Å². The van der Waals surface area contributed by atoms with Crippen LogP contribution in [0.15, 0.2) is 24.3 Å². The van der Waals surface area contributed by atoms with E-state index in [1.54, 1.807) is 7.11 Å². The zero-order chi connectivity index (χ0) is 16.1. The van der Waals surface area contributed by atoms with E-state index in [0.29, 0.717) is 19.1 Å². The molecule has 126 valence electrons. The highest BCUT2D eigenvalue weighted by molar-refractivity contribution is 5.79. The molecule has 1 aliphatic heterocycles. The summed E-state index contributed by atoms with van der Waals surface area (Å²) in [5, 5.41) is 3.30. The average molecular weight is 316 g/mol. The SMILES string of the molecule is COc1cccc(CN2C(=O)CNC[C@@H]2CC2CCCCC2)c1. The number of carbonyl (C=O) groups is 1. The Hall–Kier alpha value is -1.55. The summed E-state index contributed by atoms with van der Waals surface area (Å²) in [6.07, 6.45) is 7.90. The van der Waals surface area contributed by atoms with Gasteiger partial charge in [0.05, 0.1) is 13.7 Å². The molecule has 1 N–H and O–H groups in total. The minimum Gasteiger partial charge on any atom is -0.497 e. The van der Waals surface area contributed by atoms with Crippen molar-refractivity contribution in [1.82, 2.24) is 10.2 Å². The maximum Gasteiger partial charge on any atom is 0.237 e. The first-order valence-corrected chi connectivity index (χ1v) is 8.89. The number of nitrogens with zero attached hydrogens (tertiary/aromatic N) is 1. The van der Waals surface area contributed by atoms with Crippen molar-refractivity contribution in [3.8, 4) is 5.75 Å². The third kappa shape index (κ3) is 4.25. The lowest BCUT2D eigenvalue weighted by Crippen LogP contribution is -2.54. The molecule has 1 aromatic rings. The van der Waals surface area contributed by atoms with Gasteiger partial charge < -0.3 is 15.0 Å². The number of methoxy groups -OCH3 is 1. The Morgan fingerprint density at radius 3 is 2.87 bits per heavy atom. The van der Waals surface area contributed by atoms with Crippen LogP contribution in [0.5, 0.6) is 5.75 Å². The van der Waals surface area contributed by atoms with Crippen molar-refractivity contribution in [3.63, 3.8) is 0 Å². The predicted octanol–water partition coefficient (Wildman–Crippen LogP) is 2.97. The molecule has 1 heterocycles. The number of hydrogen-bond donors (Lipinski definition) is 1. The van der Waals surface area contributed by atoms with Gasteiger partial charge in [0.15, 0.2) is 0 Å². The van der Waals surface area contributed by atoms with Crippen molar-refractivity contribution in [2.45, 2.75) is 51.1 Å². The molecule has 4 nitrogen and oxygen atoms in total. The number of ether oxygens (including phenoxy) is 1. The fraction of sp³-hybridized carbons (Fsp3) is 0.632. The van der Waals surface area contributed by atoms with Crippen LogP contribution in [0.2, 0.25) is 0 Å². The minimum atomic E-state index is 0.222. The second-order valence-corrected chi connectivity index (χ2v) is 6.90. The van der Waals surface area contributed by atoms with Gasteiger partial charge in [-0.05, 0) is 30.0 Å². The number of amides is 1. The Kier molecular flexibility index (Phi) is 5.55. The van der Waals surface area contributed by atoms with Crippen LogP contribution in [0.1, 0.15) is 44.1 Å². The van der Waals surface area contributed by atoms with Gasteiger partial charge in [-0.1, -0.05) is 44.2 Å². The monoisotopic (exact) mass is 316 g/mol. The summed E-state index contributed by atoms with van der Waals surface area (Å²) in [6, 6.07) is 8.38. The summed E-state index contributed by atoms with van der Waals surface area (Å²) in [5.41, 5.74) is 1.15. The molecule has 1 saturated carbocycles.